The molecule has 0 atom stereocenters. The van der Waals surface area contributed by atoms with Crippen LogP contribution in [0.25, 0.3) is 0 Å². The van der Waals surface area contributed by atoms with Crippen molar-refractivity contribution >= 4 is 11.8 Å². The average molecular weight is 317 g/mol. The van der Waals surface area contributed by atoms with E-state index >= 15 is 0 Å². The second-order valence-electron chi connectivity index (χ2n) is 5.43. The van der Waals surface area contributed by atoms with E-state index < -0.39 is 0 Å². The van der Waals surface area contributed by atoms with Crippen LogP contribution in [0, 0.1) is 5.82 Å². The quantitative estimate of drug-likeness (QED) is 0.769. The zero-order valence-electron chi connectivity index (χ0n) is 13.8. The van der Waals surface area contributed by atoms with Crippen molar-refractivity contribution in [3.63, 3.8) is 0 Å². The molecular formula is C17H24FN5. The van der Waals surface area contributed by atoms with Gasteiger partial charge in [0.1, 0.15) is 5.82 Å². The van der Waals surface area contributed by atoms with E-state index in [1.165, 1.54) is 12.1 Å². The second-order valence-corrected chi connectivity index (χ2v) is 5.43. The molecule has 23 heavy (non-hydrogen) atoms. The molecule has 1 heterocycles. The van der Waals surface area contributed by atoms with Crippen molar-refractivity contribution in [2.75, 3.05) is 29.9 Å². The lowest BCUT2D eigenvalue weighted by molar-refractivity contribution is 0.627. The molecule has 0 aliphatic carbocycles. The number of benzene rings is 1. The minimum atomic E-state index is -0.210. The first-order valence-corrected chi connectivity index (χ1v) is 8.16. The molecule has 0 aliphatic rings. The van der Waals surface area contributed by atoms with E-state index in [0.717, 1.165) is 37.9 Å². The van der Waals surface area contributed by atoms with Gasteiger partial charge in [0.2, 0.25) is 5.95 Å². The zero-order chi connectivity index (χ0) is 16.5. The Labute approximate surface area is 137 Å². The third-order valence-electron chi connectivity index (χ3n) is 3.45. The number of halogens is 1. The van der Waals surface area contributed by atoms with E-state index in [1.807, 2.05) is 0 Å². The Balaban J connectivity index is 1.92. The Morgan fingerprint density at radius 2 is 1.78 bits per heavy atom. The van der Waals surface area contributed by atoms with Crippen LogP contribution in [0.15, 0.2) is 30.5 Å². The number of hydrogen-bond donors (Lipinski definition) is 1. The average Bonchev–Trinajstić information content (AvgIpc) is 2.57. The summed E-state index contributed by atoms with van der Waals surface area (Å²) in [4.78, 5) is 6.69. The summed E-state index contributed by atoms with van der Waals surface area (Å²) in [6.45, 7) is 6.84. The van der Waals surface area contributed by atoms with E-state index in [4.69, 9.17) is 0 Å². The van der Waals surface area contributed by atoms with Gasteiger partial charge in [0.15, 0.2) is 5.82 Å². The van der Waals surface area contributed by atoms with Gasteiger partial charge in [-0.2, -0.15) is 10.1 Å². The maximum atomic E-state index is 12.9. The Bertz CT molecular complexity index is 582. The van der Waals surface area contributed by atoms with Crippen molar-refractivity contribution in [2.24, 2.45) is 0 Å². The lowest BCUT2D eigenvalue weighted by Gasteiger charge is -2.20. The van der Waals surface area contributed by atoms with Crippen molar-refractivity contribution in [1.29, 1.82) is 0 Å². The molecule has 124 valence electrons. The number of rotatable bonds is 9. The summed E-state index contributed by atoms with van der Waals surface area (Å²) < 4.78 is 12.9. The summed E-state index contributed by atoms with van der Waals surface area (Å²) in [5, 5.41) is 11.4. The van der Waals surface area contributed by atoms with Crippen molar-refractivity contribution in [1.82, 2.24) is 15.2 Å². The molecule has 1 aromatic carbocycles. The maximum absolute atomic E-state index is 12.9. The highest BCUT2D eigenvalue weighted by Crippen LogP contribution is 2.11. The largest absolute Gasteiger partial charge is 0.368 e. The first kappa shape index (κ1) is 17.1. The molecule has 1 N–H and O–H groups in total. The van der Waals surface area contributed by atoms with Gasteiger partial charge in [0.05, 0.1) is 6.20 Å². The van der Waals surface area contributed by atoms with Gasteiger partial charge in [0, 0.05) is 19.6 Å². The van der Waals surface area contributed by atoms with E-state index in [0.29, 0.717) is 18.3 Å². The summed E-state index contributed by atoms with van der Waals surface area (Å²) in [7, 11) is 0. The molecule has 0 fully saturated rings. The van der Waals surface area contributed by atoms with Crippen molar-refractivity contribution in [3.05, 3.63) is 41.8 Å². The number of hydrogen-bond acceptors (Lipinski definition) is 5. The van der Waals surface area contributed by atoms with Crippen molar-refractivity contribution in [2.45, 2.75) is 33.1 Å². The molecule has 6 heteroatoms. The zero-order valence-corrected chi connectivity index (χ0v) is 13.8. The van der Waals surface area contributed by atoms with Crippen molar-refractivity contribution in [3.8, 4) is 0 Å². The molecule has 5 nitrogen and oxygen atoms in total. The Kier molecular flexibility index (Phi) is 6.72. The van der Waals surface area contributed by atoms with Gasteiger partial charge in [-0.1, -0.05) is 26.0 Å². The van der Waals surface area contributed by atoms with E-state index in [2.05, 4.69) is 39.2 Å². The molecule has 0 radical (unpaired) electrons. The summed E-state index contributed by atoms with van der Waals surface area (Å²) in [6, 6.07) is 6.55. The topological polar surface area (TPSA) is 53.9 Å². The minimum absolute atomic E-state index is 0.210. The fraction of sp³-hybridized carbons (Fsp3) is 0.471. The SMILES string of the molecule is CCCN(CCC)c1nncc(NCCc2ccc(F)cc2)n1. The Morgan fingerprint density at radius 1 is 1.09 bits per heavy atom. The van der Waals surface area contributed by atoms with Gasteiger partial charge >= 0.3 is 0 Å². The standard InChI is InChI=1S/C17H24FN5/c1-3-11-23(12-4-2)17-21-16(13-20-22-17)19-10-9-14-5-7-15(18)8-6-14/h5-8,13H,3-4,9-12H2,1-2H3,(H,19,21,22). The van der Waals surface area contributed by atoms with E-state index in [9.17, 15) is 4.39 Å². The lowest BCUT2D eigenvalue weighted by atomic mass is 10.1. The molecule has 2 rings (SSSR count). The predicted octanol–water partition coefficient (Wildman–Crippen LogP) is 3.29. The maximum Gasteiger partial charge on any atom is 0.247 e. The summed E-state index contributed by atoms with van der Waals surface area (Å²) in [5.74, 6) is 1.17. The van der Waals surface area contributed by atoms with E-state index in [-0.39, 0.29) is 5.82 Å². The van der Waals surface area contributed by atoms with E-state index in [1.54, 1.807) is 18.3 Å². The van der Waals surface area contributed by atoms with Gasteiger partial charge in [-0.25, -0.2) is 4.39 Å². The van der Waals surface area contributed by atoms with Gasteiger partial charge in [-0.3, -0.25) is 0 Å². The monoisotopic (exact) mass is 317 g/mol. The fourth-order valence-electron chi connectivity index (χ4n) is 2.35. The third-order valence-corrected chi connectivity index (χ3v) is 3.45. The molecule has 0 amide bonds. The fourth-order valence-corrected chi connectivity index (χ4v) is 2.35. The number of nitrogens with zero attached hydrogens (tertiary/aromatic N) is 4. The highest BCUT2D eigenvalue weighted by molar-refractivity contribution is 5.39. The summed E-state index contributed by atoms with van der Waals surface area (Å²) in [5.41, 5.74) is 1.08. The van der Waals surface area contributed by atoms with Gasteiger partial charge in [-0.15, -0.1) is 5.10 Å². The molecule has 0 unspecified atom stereocenters. The first-order valence-electron chi connectivity index (χ1n) is 8.16. The lowest BCUT2D eigenvalue weighted by Crippen LogP contribution is -2.27. The molecule has 2 aromatic rings. The number of anilines is 2. The smallest absolute Gasteiger partial charge is 0.247 e. The van der Waals surface area contributed by atoms with Crippen LogP contribution >= 0.6 is 0 Å². The van der Waals surface area contributed by atoms with Gasteiger partial charge in [0.25, 0.3) is 0 Å². The first-order chi connectivity index (χ1) is 11.2. The second kappa shape index (κ2) is 9.02. The molecule has 1 aromatic heterocycles. The van der Waals surface area contributed by atoms with Crippen LogP contribution in [0.3, 0.4) is 0 Å². The van der Waals surface area contributed by atoms with Crippen LogP contribution in [0.1, 0.15) is 32.3 Å². The molecule has 0 aliphatic heterocycles. The molecule has 0 saturated carbocycles. The predicted molar refractivity (Wildman–Crippen MR) is 91.2 cm³/mol. The summed E-state index contributed by atoms with van der Waals surface area (Å²) in [6.07, 6.45) is 4.52. The number of nitrogens with one attached hydrogen (secondary N) is 1. The molecule has 0 spiro atoms. The van der Waals surface area contributed by atoms with Crippen LogP contribution in [0.4, 0.5) is 16.2 Å². The highest BCUT2D eigenvalue weighted by atomic mass is 19.1. The molecular weight excluding hydrogens is 293 g/mol. The van der Waals surface area contributed by atoms with Crippen LogP contribution in [-0.4, -0.2) is 34.8 Å². The Hall–Kier alpha value is -2.24. The molecule has 0 saturated heterocycles. The van der Waals surface area contributed by atoms with Crippen LogP contribution in [0.2, 0.25) is 0 Å². The Morgan fingerprint density at radius 3 is 2.43 bits per heavy atom. The van der Waals surface area contributed by atoms with Crippen LogP contribution in [-0.2, 0) is 6.42 Å². The minimum Gasteiger partial charge on any atom is -0.368 e. The van der Waals surface area contributed by atoms with Gasteiger partial charge in [-0.05, 0) is 37.0 Å². The molecule has 0 bridgehead atoms. The third kappa shape index (κ3) is 5.47. The van der Waals surface area contributed by atoms with Gasteiger partial charge < -0.3 is 10.2 Å². The number of aromatic nitrogens is 3. The summed E-state index contributed by atoms with van der Waals surface area (Å²) >= 11 is 0. The normalized spacial score (nSPS) is 10.6. The van der Waals surface area contributed by atoms with Crippen molar-refractivity contribution < 1.29 is 4.39 Å². The van der Waals surface area contributed by atoms with Crippen LogP contribution in [0.5, 0.6) is 0 Å². The highest BCUT2D eigenvalue weighted by Gasteiger charge is 2.09. The van der Waals surface area contributed by atoms with Crippen LogP contribution < -0.4 is 10.2 Å².